The summed E-state index contributed by atoms with van der Waals surface area (Å²) in [6.45, 7) is 2.97. The lowest BCUT2D eigenvalue weighted by Gasteiger charge is -2.18. The van der Waals surface area contributed by atoms with Crippen molar-refractivity contribution < 1.29 is 8.81 Å². The Labute approximate surface area is 131 Å². The standard InChI is InChI=1S/C15H16BrClFNO/c1-2-7-19-13(11-6-8-20-15(11)16)9-10-4-3-5-12(18)14(10)17/h3-6,8,13,19H,2,7,9H2,1H3. The number of rotatable bonds is 6. The van der Waals surface area contributed by atoms with Crippen LogP contribution in [-0.4, -0.2) is 6.54 Å². The lowest BCUT2D eigenvalue weighted by Crippen LogP contribution is -2.24. The molecule has 0 radical (unpaired) electrons. The van der Waals surface area contributed by atoms with Crippen LogP contribution in [-0.2, 0) is 6.42 Å². The third-order valence-corrected chi connectivity index (χ3v) is 4.19. The fraction of sp³-hybridized carbons (Fsp3) is 0.333. The van der Waals surface area contributed by atoms with E-state index in [1.165, 1.54) is 6.07 Å². The molecule has 2 aromatic rings. The largest absolute Gasteiger partial charge is 0.457 e. The summed E-state index contributed by atoms with van der Waals surface area (Å²) in [5.41, 5.74) is 1.80. The Bertz CT molecular complexity index is 573. The SMILES string of the molecule is CCCNC(Cc1cccc(F)c1Cl)c1ccoc1Br. The molecule has 0 aliphatic rings. The Kier molecular flexibility index (Phi) is 5.64. The summed E-state index contributed by atoms with van der Waals surface area (Å²) >= 11 is 9.43. The minimum absolute atomic E-state index is 0.0300. The van der Waals surface area contributed by atoms with E-state index in [0.717, 1.165) is 24.1 Å². The first-order chi connectivity index (χ1) is 9.63. The van der Waals surface area contributed by atoms with Gasteiger partial charge in [-0.3, -0.25) is 0 Å². The van der Waals surface area contributed by atoms with Crippen LogP contribution in [0.3, 0.4) is 0 Å². The fourth-order valence-corrected chi connectivity index (χ4v) is 2.81. The monoisotopic (exact) mass is 359 g/mol. The highest BCUT2D eigenvalue weighted by Crippen LogP contribution is 2.30. The zero-order valence-electron chi connectivity index (χ0n) is 11.1. The van der Waals surface area contributed by atoms with Crippen LogP contribution in [0.2, 0.25) is 5.02 Å². The molecule has 1 atom stereocenters. The summed E-state index contributed by atoms with van der Waals surface area (Å²) in [6.07, 6.45) is 3.25. The Morgan fingerprint density at radius 2 is 2.20 bits per heavy atom. The van der Waals surface area contributed by atoms with Crippen molar-refractivity contribution >= 4 is 27.5 Å². The first-order valence-corrected chi connectivity index (χ1v) is 7.69. The molecule has 1 N–H and O–H groups in total. The van der Waals surface area contributed by atoms with Gasteiger partial charge >= 0.3 is 0 Å². The molecule has 1 unspecified atom stereocenters. The second-order valence-corrected chi connectivity index (χ2v) is 5.67. The highest BCUT2D eigenvalue weighted by Gasteiger charge is 2.18. The van der Waals surface area contributed by atoms with E-state index in [4.69, 9.17) is 16.0 Å². The second kappa shape index (κ2) is 7.25. The van der Waals surface area contributed by atoms with Crippen LogP contribution in [0.5, 0.6) is 0 Å². The third kappa shape index (κ3) is 3.62. The van der Waals surface area contributed by atoms with E-state index in [9.17, 15) is 4.39 Å². The van der Waals surface area contributed by atoms with E-state index in [-0.39, 0.29) is 16.9 Å². The van der Waals surface area contributed by atoms with Crippen molar-refractivity contribution in [3.63, 3.8) is 0 Å². The molecule has 108 valence electrons. The van der Waals surface area contributed by atoms with Crippen LogP contribution in [0.4, 0.5) is 4.39 Å². The van der Waals surface area contributed by atoms with Crippen molar-refractivity contribution in [1.29, 1.82) is 0 Å². The molecular formula is C15H16BrClFNO. The molecule has 1 aromatic carbocycles. The topological polar surface area (TPSA) is 25.2 Å². The number of hydrogen-bond acceptors (Lipinski definition) is 2. The Hall–Kier alpha value is -0.840. The molecule has 1 aromatic heterocycles. The lowest BCUT2D eigenvalue weighted by molar-refractivity contribution is 0.497. The number of benzene rings is 1. The Balaban J connectivity index is 2.24. The molecule has 20 heavy (non-hydrogen) atoms. The van der Waals surface area contributed by atoms with Gasteiger partial charge in [0.15, 0.2) is 4.67 Å². The molecule has 0 amide bonds. The number of furan rings is 1. The molecule has 0 saturated heterocycles. The molecule has 5 heteroatoms. The zero-order valence-corrected chi connectivity index (χ0v) is 13.5. The summed E-state index contributed by atoms with van der Waals surface area (Å²) < 4.78 is 19.5. The Morgan fingerprint density at radius 1 is 1.40 bits per heavy atom. The molecule has 2 nitrogen and oxygen atoms in total. The maximum atomic E-state index is 13.5. The Morgan fingerprint density at radius 3 is 2.85 bits per heavy atom. The molecule has 0 bridgehead atoms. The first kappa shape index (κ1) is 15.5. The van der Waals surface area contributed by atoms with Crippen LogP contribution in [0, 0.1) is 5.82 Å². The highest BCUT2D eigenvalue weighted by atomic mass is 79.9. The molecule has 0 fully saturated rings. The van der Waals surface area contributed by atoms with Gasteiger partial charge in [0.1, 0.15) is 5.82 Å². The third-order valence-electron chi connectivity index (χ3n) is 3.12. The predicted molar refractivity (Wildman–Crippen MR) is 82.6 cm³/mol. The van der Waals surface area contributed by atoms with Gasteiger partial charge in [-0.25, -0.2) is 4.39 Å². The quantitative estimate of drug-likeness (QED) is 0.773. The average molecular weight is 361 g/mol. The van der Waals surface area contributed by atoms with Crippen molar-refractivity contribution in [2.24, 2.45) is 0 Å². The number of hydrogen-bond donors (Lipinski definition) is 1. The summed E-state index contributed by atoms with van der Waals surface area (Å²) in [5, 5.41) is 3.63. The maximum absolute atomic E-state index is 13.5. The van der Waals surface area contributed by atoms with E-state index in [0.29, 0.717) is 11.1 Å². The van der Waals surface area contributed by atoms with Gasteiger partial charge in [-0.1, -0.05) is 30.7 Å². The van der Waals surface area contributed by atoms with E-state index in [1.807, 2.05) is 12.1 Å². The second-order valence-electron chi connectivity index (χ2n) is 4.57. The lowest BCUT2D eigenvalue weighted by atomic mass is 10.0. The highest BCUT2D eigenvalue weighted by molar-refractivity contribution is 9.10. The fourth-order valence-electron chi connectivity index (χ4n) is 2.09. The molecule has 0 spiro atoms. The predicted octanol–water partition coefficient (Wildman–Crippen LogP) is 5.12. The van der Waals surface area contributed by atoms with Crippen LogP contribution in [0.1, 0.15) is 30.5 Å². The van der Waals surface area contributed by atoms with Gasteiger partial charge in [-0.15, -0.1) is 0 Å². The van der Waals surface area contributed by atoms with E-state index in [2.05, 4.69) is 28.2 Å². The smallest absolute Gasteiger partial charge is 0.173 e. The van der Waals surface area contributed by atoms with Gasteiger partial charge < -0.3 is 9.73 Å². The van der Waals surface area contributed by atoms with Crippen molar-refractivity contribution in [2.45, 2.75) is 25.8 Å². The van der Waals surface area contributed by atoms with Crippen LogP contribution >= 0.6 is 27.5 Å². The average Bonchev–Trinajstić information content (AvgIpc) is 2.85. The summed E-state index contributed by atoms with van der Waals surface area (Å²) in [6, 6.07) is 6.83. The van der Waals surface area contributed by atoms with Crippen molar-refractivity contribution in [3.05, 3.63) is 57.2 Å². The van der Waals surface area contributed by atoms with Crippen molar-refractivity contribution in [1.82, 2.24) is 5.32 Å². The minimum Gasteiger partial charge on any atom is -0.457 e. The summed E-state index contributed by atoms with van der Waals surface area (Å²) in [7, 11) is 0. The van der Waals surface area contributed by atoms with Gasteiger partial charge in [-0.05, 0) is 53.0 Å². The maximum Gasteiger partial charge on any atom is 0.173 e. The normalized spacial score (nSPS) is 12.6. The van der Waals surface area contributed by atoms with Crippen molar-refractivity contribution in [3.8, 4) is 0 Å². The summed E-state index contributed by atoms with van der Waals surface area (Å²) in [4.78, 5) is 0. The van der Waals surface area contributed by atoms with Gasteiger partial charge in [0, 0.05) is 11.6 Å². The van der Waals surface area contributed by atoms with Gasteiger partial charge in [0.05, 0.1) is 11.3 Å². The molecular weight excluding hydrogens is 345 g/mol. The van der Waals surface area contributed by atoms with Crippen LogP contribution in [0.25, 0.3) is 0 Å². The van der Waals surface area contributed by atoms with Gasteiger partial charge in [-0.2, -0.15) is 0 Å². The summed E-state index contributed by atoms with van der Waals surface area (Å²) in [5.74, 6) is -0.385. The molecule has 0 aliphatic carbocycles. The van der Waals surface area contributed by atoms with Crippen LogP contribution < -0.4 is 5.32 Å². The molecule has 2 rings (SSSR count). The zero-order chi connectivity index (χ0) is 14.5. The number of nitrogens with one attached hydrogen (secondary N) is 1. The van der Waals surface area contributed by atoms with E-state index >= 15 is 0 Å². The minimum atomic E-state index is -0.385. The van der Waals surface area contributed by atoms with E-state index in [1.54, 1.807) is 12.3 Å². The first-order valence-electron chi connectivity index (χ1n) is 6.52. The van der Waals surface area contributed by atoms with E-state index < -0.39 is 0 Å². The van der Waals surface area contributed by atoms with Gasteiger partial charge in [0.25, 0.3) is 0 Å². The molecule has 0 aliphatic heterocycles. The van der Waals surface area contributed by atoms with Crippen LogP contribution in [0.15, 0.2) is 39.6 Å². The molecule has 1 heterocycles. The number of halogens is 3. The van der Waals surface area contributed by atoms with Crippen molar-refractivity contribution in [2.75, 3.05) is 6.54 Å². The molecule has 0 saturated carbocycles. The van der Waals surface area contributed by atoms with Gasteiger partial charge in [0.2, 0.25) is 0 Å².